The molecule has 1 N–H and O–H groups in total. The standard InChI is InChI=1S/C13H8FN3O2/c14-10-3-1-2-8(6-10)12-16-15-11-5-4-9(13(18)19)7-17(11)12/h1-7H,(H,18,19). The highest BCUT2D eigenvalue weighted by atomic mass is 19.1. The van der Waals surface area contributed by atoms with E-state index in [2.05, 4.69) is 10.2 Å². The maximum absolute atomic E-state index is 13.2. The molecule has 3 rings (SSSR count). The second kappa shape index (κ2) is 4.16. The summed E-state index contributed by atoms with van der Waals surface area (Å²) < 4.78 is 14.7. The topological polar surface area (TPSA) is 67.5 Å². The SMILES string of the molecule is O=C(O)c1ccc2nnc(-c3cccc(F)c3)n2c1. The van der Waals surface area contributed by atoms with Crippen molar-refractivity contribution in [1.29, 1.82) is 0 Å². The molecule has 0 aliphatic rings. The highest BCUT2D eigenvalue weighted by molar-refractivity contribution is 5.87. The van der Waals surface area contributed by atoms with Gasteiger partial charge in [-0.3, -0.25) is 4.40 Å². The Balaban J connectivity index is 2.24. The van der Waals surface area contributed by atoms with E-state index in [1.165, 1.54) is 28.8 Å². The van der Waals surface area contributed by atoms with Crippen molar-refractivity contribution >= 4 is 11.6 Å². The molecule has 6 heteroatoms. The fourth-order valence-corrected chi connectivity index (χ4v) is 1.84. The summed E-state index contributed by atoms with van der Waals surface area (Å²) in [5.41, 5.74) is 1.16. The zero-order valence-corrected chi connectivity index (χ0v) is 9.62. The second-order valence-electron chi connectivity index (χ2n) is 3.99. The summed E-state index contributed by atoms with van der Waals surface area (Å²) in [5.74, 6) is -1.03. The van der Waals surface area contributed by atoms with Crippen LogP contribution in [-0.2, 0) is 0 Å². The quantitative estimate of drug-likeness (QED) is 0.764. The Morgan fingerprint density at radius 3 is 2.79 bits per heavy atom. The predicted octanol–water partition coefficient (Wildman–Crippen LogP) is 2.23. The highest BCUT2D eigenvalue weighted by Gasteiger charge is 2.11. The van der Waals surface area contributed by atoms with Crippen LogP contribution >= 0.6 is 0 Å². The number of hydrogen-bond donors (Lipinski definition) is 1. The van der Waals surface area contributed by atoms with Gasteiger partial charge in [-0.15, -0.1) is 10.2 Å². The molecule has 0 bridgehead atoms. The maximum Gasteiger partial charge on any atom is 0.337 e. The lowest BCUT2D eigenvalue weighted by atomic mass is 10.2. The number of rotatable bonds is 2. The molecule has 1 aromatic carbocycles. The van der Waals surface area contributed by atoms with Gasteiger partial charge < -0.3 is 5.11 Å². The summed E-state index contributed by atoms with van der Waals surface area (Å²) in [5, 5.41) is 16.9. The van der Waals surface area contributed by atoms with Gasteiger partial charge in [0.1, 0.15) is 5.82 Å². The summed E-state index contributed by atoms with van der Waals surface area (Å²) in [7, 11) is 0. The molecule has 94 valence electrons. The van der Waals surface area contributed by atoms with Crippen molar-refractivity contribution in [1.82, 2.24) is 14.6 Å². The van der Waals surface area contributed by atoms with Crippen LogP contribution in [0.4, 0.5) is 4.39 Å². The molecule has 0 spiro atoms. The van der Waals surface area contributed by atoms with Crippen molar-refractivity contribution in [3.05, 3.63) is 54.0 Å². The molecule has 3 aromatic rings. The molecule has 2 aromatic heterocycles. The number of benzene rings is 1. The van der Waals surface area contributed by atoms with E-state index < -0.39 is 5.97 Å². The fraction of sp³-hybridized carbons (Fsp3) is 0. The van der Waals surface area contributed by atoms with Crippen molar-refractivity contribution in [2.24, 2.45) is 0 Å². The number of carboxylic acid groups (broad SMARTS) is 1. The minimum Gasteiger partial charge on any atom is -0.478 e. The first-order valence-electron chi connectivity index (χ1n) is 5.49. The van der Waals surface area contributed by atoms with Crippen molar-refractivity contribution in [2.45, 2.75) is 0 Å². The van der Waals surface area contributed by atoms with Crippen LogP contribution in [0.5, 0.6) is 0 Å². The van der Waals surface area contributed by atoms with Crippen LogP contribution in [0.25, 0.3) is 17.0 Å². The van der Waals surface area contributed by atoms with E-state index in [0.717, 1.165) is 0 Å². The number of carbonyl (C=O) groups is 1. The Morgan fingerprint density at radius 2 is 2.05 bits per heavy atom. The van der Waals surface area contributed by atoms with E-state index >= 15 is 0 Å². The molecular weight excluding hydrogens is 249 g/mol. The molecule has 0 atom stereocenters. The van der Waals surface area contributed by atoms with Gasteiger partial charge in [0.15, 0.2) is 11.5 Å². The molecule has 0 unspecified atom stereocenters. The molecular formula is C13H8FN3O2. The lowest BCUT2D eigenvalue weighted by Gasteiger charge is -2.01. The van der Waals surface area contributed by atoms with Gasteiger partial charge in [0.05, 0.1) is 5.56 Å². The minimum atomic E-state index is -1.04. The van der Waals surface area contributed by atoms with Crippen LogP contribution in [0.1, 0.15) is 10.4 Å². The maximum atomic E-state index is 13.2. The van der Waals surface area contributed by atoms with Gasteiger partial charge in [-0.1, -0.05) is 12.1 Å². The van der Waals surface area contributed by atoms with Crippen molar-refractivity contribution < 1.29 is 14.3 Å². The summed E-state index contributed by atoms with van der Waals surface area (Å²) in [6.45, 7) is 0. The van der Waals surface area contributed by atoms with Gasteiger partial charge >= 0.3 is 5.97 Å². The van der Waals surface area contributed by atoms with Crippen LogP contribution < -0.4 is 0 Å². The van der Waals surface area contributed by atoms with E-state index in [4.69, 9.17) is 5.11 Å². The zero-order valence-electron chi connectivity index (χ0n) is 9.62. The lowest BCUT2D eigenvalue weighted by molar-refractivity contribution is 0.0696. The van der Waals surface area contributed by atoms with Crippen LogP contribution in [0, 0.1) is 5.82 Å². The number of fused-ring (bicyclic) bond motifs is 1. The number of aromatic nitrogens is 3. The zero-order chi connectivity index (χ0) is 13.4. The van der Waals surface area contributed by atoms with Crippen molar-refractivity contribution in [3.8, 4) is 11.4 Å². The number of carboxylic acids is 1. The predicted molar refractivity (Wildman–Crippen MR) is 65.3 cm³/mol. The van der Waals surface area contributed by atoms with Crippen molar-refractivity contribution in [2.75, 3.05) is 0 Å². The molecule has 0 radical (unpaired) electrons. The van der Waals surface area contributed by atoms with Gasteiger partial charge in [-0.05, 0) is 24.3 Å². The molecule has 5 nitrogen and oxygen atoms in total. The molecule has 0 saturated heterocycles. The molecule has 2 heterocycles. The third-order valence-electron chi connectivity index (χ3n) is 2.73. The largest absolute Gasteiger partial charge is 0.478 e. The van der Waals surface area contributed by atoms with E-state index in [0.29, 0.717) is 17.0 Å². The van der Waals surface area contributed by atoms with Gasteiger partial charge in [-0.2, -0.15) is 0 Å². The smallest absolute Gasteiger partial charge is 0.337 e. The molecule has 0 amide bonds. The second-order valence-corrected chi connectivity index (χ2v) is 3.99. The Hall–Kier alpha value is -2.76. The van der Waals surface area contributed by atoms with Gasteiger partial charge in [-0.25, -0.2) is 9.18 Å². The Kier molecular flexibility index (Phi) is 2.49. The lowest BCUT2D eigenvalue weighted by Crippen LogP contribution is -1.99. The molecule has 0 aliphatic carbocycles. The summed E-state index contributed by atoms with van der Waals surface area (Å²) >= 11 is 0. The first kappa shape index (κ1) is 11.3. The van der Waals surface area contributed by atoms with Gasteiger partial charge in [0.25, 0.3) is 0 Å². The van der Waals surface area contributed by atoms with Gasteiger partial charge in [0.2, 0.25) is 0 Å². The molecule has 0 fully saturated rings. The minimum absolute atomic E-state index is 0.116. The monoisotopic (exact) mass is 257 g/mol. The number of halogens is 1. The third-order valence-corrected chi connectivity index (χ3v) is 2.73. The van der Waals surface area contributed by atoms with E-state index in [9.17, 15) is 9.18 Å². The van der Waals surface area contributed by atoms with Crippen LogP contribution in [0.2, 0.25) is 0 Å². The molecule has 0 saturated carbocycles. The average molecular weight is 257 g/mol. The molecule has 0 aliphatic heterocycles. The highest BCUT2D eigenvalue weighted by Crippen LogP contribution is 2.19. The van der Waals surface area contributed by atoms with Crippen LogP contribution in [0.3, 0.4) is 0 Å². The number of hydrogen-bond acceptors (Lipinski definition) is 3. The first-order chi connectivity index (χ1) is 9.15. The van der Waals surface area contributed by atoms with E-state index in [1.807, 2.05) is 0 Å². The first-order valence-corrected chi connectivity index (χ1v) is 5.49. The Bertz CT molecular complexity index is 782. The fourth-order valence-electron chi connectivity index (χ4n) is 1.84. The average Bonchev–Trinajstić information content (AvgIpc) is 2.81. The Morgan fingerprint density at radius 1 is 1.21 bits per heavy atom. The number of pyridine rings is 1. The molecule has 19 heavy (non-hydrogen) atoms. The summed E-state index contributed by atoms with van der Waals surface area (Å²) in [4.78, 5) is 11.0. The van der Waals surface area contributed by atoms with E-state index in [1.54, 1.807) is 18.2 Å². The number of nitrogens with zero attached hydrogens (tertiary/aromatic N) is 3. The third kappa shape index (κ3) is 1.93. The number of aromatic carboxylic acids is 1. The summed E-state index contributed by atoms with van der Waals surface area (Å²) in [6, 6.07) is 8.90. The van der Waals surface area contributed by atoms with Crippen molar-refractivity contribution in [3.63, 3.8) is 0 Å². The summed E-state index contributed by atoms with van der Waals surface area (Å²) in [6.07, 6.45) is 1.41. The van der Waals surface area contributed by atoms with E-state index in [-0.39, 0.29) is 11.4 Å². The van der Waals surface area contributed by atoms with Gasteiger partial charge in [0, 0.05) is 11.8 Å². The normalized spacial score (nSPS) is 10.8. The van der Waals surface area contributed by atoms with Crippen LogP contribution in [0.15, 0.2) is 42.6 Å². The Labute approximate surface area is 107 Å². The van der Waals surface area contributed by atoms with Crippen LogP contribution in [-0.4, -0.2) is 25.7 Å².